The second kappa shape index (κ2) is 9.96. The van der Waals surface area contributed by atoms with Crippen LogP contribution in [0.1, 0.15) is 5.56 Å². The van der Waals surface area contributed by atoms with Crippen LogP contribution in [0.5, 0.6) is 0 Å². The van der Waals surface area contributed by atoms with Crippen LogP contribution in [0.2, 0.25) is 0 Å². The van der Waals surface area contributed by atoms with E-state index in [4.69, 9.17) is 9.97 Å². The Morgan fingerprint density at radius 2 is 1.00 bits per heavy atom. The van der Waals surface area contributed by atoms with Crippen LogP contribution in [0.4, 0.5) is 0 Å². The fourth-order valence-corrected chi connectivity index (χ4v) is 8.60. The van der Waals surface area contributed by atoms with Crippen LogP contribution in [0.3, 0.4) is 0 Å². The molecule has 204 valence electrons. The molecule has 1 aliphatic heterocycles. The van der Waals surface area contributed by atoms with Crippen LogP contribution >= 0.6 is 23.5 Å². The summed E-state index contributed by atoms with van der Waals surface area (Å²) in [5, 5.41) is 18.6. The van der Waals surface area contributed by atoms with Gasteiger partial charge in [-0.1, -0.05) is 121 Å². The molecule has 0 bridgehead atoms. The first-order valence-electron chi connectivity index (χ1n) is 14.4. The van der Waals surface area contributed by atoms with Crippen LogP contribution in [-0.2, 0) is 0 Å². The molecule has 3 nitrogen and oxygen atoms in total. The molecule has 8 aromatic rings. The van der Waals surface area contributed by atoms with E-state index in [0.29, 0.717) is 5.56 Å². The molecule has 0 fully saturated rings. The molecule has 1 aromatic heterocycles. The number of benzene rings is 7. The minimum atomic E-state index is 0.693. The molecule has 7 aromatic carbocycles. The molecule has 0 saturated heterocycles. The van der Waals surface area contributed by atoms with Crippen molar-refractivity contribution in [3.63, 3.8) is 0 Å². The molecule has 0 spiro atoms. The van der Waals surface area contributed by atoms with Gasteiger partial charge in [-0.3, -0.25) is 0 Å². The Morgan fingerprint density at radius 3 is 1.61 bits per heavy atom. The van der Waals surface area contributed by atoms with E-state index in [1.54, 1.807) is 23.5 Å². The average molecular weight is 596 g/mol. The van der Waals surface area contributed by atoms with Crippen molar-refractivity contribution < 1.29 is 0 Å². The Morgan fingerprint density at radius 1 is 0.477 bits per heavy atom. The third kappa shape index (κ3) is 3.85. The van der Waals surface area contributed by atoms with Crippen molar-refractivity contribution in [2.24, 2.45) is 0 Å². The van der Waals surface area contributed by atoms with E-state index in [9.17, 15) is 5.26 Å². The third-order valence-electron chi connectivity index (χ3n) is 8.40. The fourth-order valence-electron chi connectivity index (χ4n) is 6.48. The predicted octanol–water partition coefficient (Wildman–Crippen LogP) is 10.9. The van der Waals surface area contributed by atoms with Gasteiger partial charge in [0.2, 0.25) is 0 Å². The first kappa shape index (κ1) is 25.4. The Labute approximate surface area is 262 Å². The summed E-state index contributed by atoms with van der Waals surface area (Å²) < 4.78 is 0. The number of nitriles is 1. The molecule has 0 unspecified atom stereocenters. The molecule has 0 radical (unpaired) electrons. The Balaban J connectivity index is 1.28. The fraction of sp³-hybridized carbons (Fsp3) is 0. The third-order valence-corrected chi connectivity index (χ3v) is 10.7. The number of hydrogen-bond acceptors (Lipinski definition) is 5. The quantitative estimate of drug-likeness (QED) is 0.186. The maximum absolute atomic E-state index is 9.83. The molecule has 0 atom stereocenters. The van der Waals surface area contributed by atoms with Crippen molar-refractivity contribution >= 4 is 66.9 Å². The Kier molecular flexibility index (Phi) is 5.74. The van der Waals surface area contributed by atoms with Crippen molar-refractivity contribution in [1.82, 2.24) is 9.97 Å². The van der Waals surface area contributed by atoms with Gasteiger partial charge >= 0.3 is 0 Å². The molecule has 2 heterocycles. The zero-order valence-electron chi connectivity index (χ0n) is 23.3. The molecule has 0 aliphatic carbocycles. The van der Waals surface area contributed by atoms with Gasteiger partial charge < -0.3 is 0 Å². The average Bonchev–Trinajstić information content (AvgIpc) is 3.08. The lowest BCUT2D eigenvalue weighted by Gasteiger charge is -2.21. The zero-order valence-corrected chi connectivity index (χ0v) is 24.9. The van der Waals surface area contributed by atoms with Gasteiger partial charge in [-0.15, -0.1) is 0 Å². The van der Waals surface area contributed by atoms with E-state index < -0.39 is 0 Å². The van der Waals surface area contributed by atoms with E-state index in [1.807, 2.05) is 42.5 Å². The lowest BCUT2D eigenvalue weighted by molar-refractivity contribution is 0.953. The summed E-state index contributed by atoms with van der Waals surface area (Å²) in [7, 11) is 0. The van der Waals surface area contributed by atoms with E-state index in [-0.39, 0.29) is 0 Å². The molecule has 1 aliphatic rings. The van der Waals surface area contributed by atoms with E-state index in [1.165, 1.54) is 48.0 Å². The number of para-hydroxylation sites is 2. The van der Waals surface area contributed by atoms with Crippen LogP contribution in [0, 0.1) is 11.3 Å². The first-order valence-corrected chi connectivity index (χ1v) is 16.0. The molecule has 0 N–H and O–H groups in total. The van der Waals surface area contributed by atoms with Gasteiger partial charge in [-0.05, 0) is 79.5 Å². The molecule has 5 heteroatoms. The van der Waals surface area contributed by atoms with Crippen LogP contribution in [-0.4, -0.2) is 9.97 Å². The second-order valence-corrected chi connectivity index (χ2v) is 12.9. The summed E-state index contributed by atoms with van der Waals surface area (Å²) >= 11 is 3.40. The van der Waals surface area contributed by atoms with Crippen molar-refractivity contribution in [2.45, 2.75) is 19.8 Å². The van der Waals surface area contributed by atoms with Gasteiger partial charge in [0.25, 0.3) is 0 Å². The number of nitrogens with zero attached hydrogens (tertiary/aromatic N) is 3. The minimum Gasteiger partial charge on any atom is -0.237 e. The lowest BCUT2D eigenvalue weighted by Crippen LogP contribution is -1.97. The smallest absolute Gasteiger partial charge is 0.134 e. The zero-order chi connectivity index (χ0) is 29.2. The first-order chi connectivity index (χ1) is 21.8. The molecular formula is C39H21N3S2. The highest BCUT2D eigenvalue weighted by Gasteiger charge is 2.23. The maximum Gasteiger partial charge on any atom is 0.134 e. The highest BCUT2D eigenvalue weighted by atomic mass is 32.2. The van der Waals surface area contributed by atoms with Crippen LogP contribution in [0.15, 0.2) is 147 Å². The van der Waals surface area contributed by atoms with Crippen molar-refractivity contribution in [1.29, 1.82) is 5.26 Å². The van der Waals surface area contributed by atoms with Crippen LogP contribution < -0.4 is 0 Å². The summed E-state index contributed by atoms with van der Waals surface area (Å²) in [5.74, 6) is 0. The van der Waals surface area contributed by atoms with Gasteiger partial charge in [-0.2, -0.15) is 5.26 Å². The van der Waals surface area contributed by atoms with Crippen molar-refractivity contribution in [3.8, 4) is 28.3 Å². The number of aromatic nitrogens is 2. The Bertz CT molecular complexity index is 2470. The van der Waals surface area contributed by atoms with Gasteiger partial charge in [-0.25, -0.2) is 9.97 Å². The van der Waals surface area contributed by atoms with Gasteiger partial charge in [0.15, 0.2) is 0 Å². The topological polar surface area (TPSA) is 49.6 Å². The van der Waals surface area contributed by atoms with Crippen molar-refractivity contribution in [3.05, 3.63) is 133 Å². The standard InChI is InChI=1S/C39H21N3S2/c40-22-24-17-19-31(26-10-2-1-9-25(24)26)37-29-13-5-3-11-27(29)36(28-12-4-6-14-30(28)37)23-18-20-34-35(21-23)44-39-38(43-34)41-32-15-7-8-16-33(32)42-39/h1-21H. The summed E-state index contributed by atoms with van der Waals surface area (Å²) in [4.78, 5) is 12.3. The molecule has 0 amide bonds. The molecular weight excluding hydrogens is 575 g/mol. The summed E-state index contributed by atoms with van der Waals surface area (Å²) in [6.07, 6.45) is 0. The van der Waals surface area contributed by atoms with Crippen molar-refractivity contribution in [2.75, 3.05) is 0 Å². The largest absolute Gasteiger partial charge is 0.237 e. The summed E-state index contributed by atoms with van der Waals surface area (Å²) in [6, 6.07) is 47.0. The van der Waals surface area contributed by atoms with E-state index >= 15 is 0 Å². The molecule has 9 rings (SSSR count). The van der Waals surface area contributed by atoms with Crippen LogP contribution in [0.25, 0.3) is 65.6 Å². The number of rotatable bonds is 2. The SMILES string of the molecule is N#Cc1ccc(-c2c3ccccc3c(-c3ccc4c(c3)Sc3nc5ccccc5nc3S4)c3ccccc23)c2ccccc12. The van der Waals surface area contributed by atoms with Gasteiger partial charge in [0.05, 0.1) is 22.7 Å². The van der Waals surface area contributed by atoms with Gasteiger partial charge in [0, 0.05) is 15.2 Å². The normalized spacial score (nSPS) is 12.3. The lowest BCUT2D eigenvalue weighted by atomic mass is 9.84. The predicted molar refractivity (Wildman–Crippen MR) is 182 cm³/mol. The number of hydrogen-bond donors (Lipinski definition) is 0. The van der Waals surface area contributed by atoms with E-state index in [2.05, 4.69) is 91.0 Å². The van der Waals surface area contributed by atoms with Gasteiger partial charge in [0.1, 0.15) is 10.1 Å². The van der Waals surface area contributed by atoms with E-state index in [0.717, 1.165) is 37.4 Å². The summed E-state index contributed by atoms with van der Waals surface area (Å²) in [5.41, 5.74) is 7.27. The highest BCUT2D eigenvalue weighted by molar-refractivity contribution is 8.05. The minimum absolute atomic E-state index is 0.693. The number of fused-ring (bicyclic) bond motifs is 6. The Hall–Kier alpha value is -5.15. The maximum atomic E-state index is 9.83. The highest BCUT2D eigenvalue weighted by Crippen LogP contribution is 2.50. The monoisotopic (exact) mass is 595 g/mol. The molecule has 44 heavy (non-hydrogen) atoms. The summed E-state index contributed by atoms with van der Waals surface area (Å²) in [6.45, 7) is 0. The second-order valence-electron chi connectivity index (χ2n) is 10.8. The molecule has 0 saturated carbocycles.